The first kappa shape index (κ1) is 15.9. The van der Waals surface area contributed by atoms with Crippen molar-refractivity contribution in [1.82, 2.24) is 10.2 Å². The Morgan fingerprint density at radius 3 is 2.77 bits per heavy atom. The van der Waals surface area contributed by atoms with Gasteiger partial charge in [-0.1, -0.05) is 19.3 Å². The molecule has 1 saturated heterocycles. The predicted octanol–water partition coefficient (Wildman–Crippen LogP) is 2.84. The van der Waals surface area contributed by atoms with Crippen LogP contribution in [0.3, 0.4) is 0 Å². The van der Waals surface area contributed by atoms with Crippen molar-refractivity contribution in [3.05, 3.63) is 12.3 Å². The molecular formula is C18H30N2O2. The summed E-state index contributed by atoms with van der Waals surface area (Å²) in [6, 6.07) is 0.0677. The lowest BCUT2D eigenvalue weighted by atomic mass is 9.89. The van der Waals surface area contributed by atoms with E-state index in [0.29, 0.717) is 5.92 Å². The summed E-state index contributed by atoms with van der Waals surface area (Å²) in [7, 11) is 0. The van der Waals surface area contributed by atoms with E-state index in [1.807, 2.05) is 6.26 Å². The summed E-state index contributed by atoms with van der Waals surface area (Å²) in [5, 5.41) is 3.23. The fraction of sp³-hybridized carbons (Fsp3) is 0.833. The number of hydrogen-bond acceptors (Lipinski definition) is 3. The third-order valence-electron chi connectivity index (χ3n) is 5.42. The maximum atomic E-state index is 12.5. The molecule has 1 amide bonds. The maximum absolute atomic E-state index is 12.5. The molecule has 3 aliphatic rings. The van der Waals surface area contributed by atoms with E-state index in [-0.39, 0.29) is 18.1 Å². The minimum absolute atomic E-state index is 0.0677. The minimum Gasteiger partial charge on any atom is -0.497 e. The molecule has 0 unspecified atom stereocenters. The van der Waals surface area contributed by atoms with Crippen LogP contribution >= 0.6 is 0 Å². The van der Waals surface area contributed by atoms with Crippen LogP contribution in [-0.2, 0) is 9.53 Å². The van der Waals surface area contributed by atoms with Crippen molar-refractivity contribution in [2.75, 3.05) is 19.6 Å². The molecule has 4 heteroatoms. The van der Waals surface area contributed by atoms with Gasteiger partial charge >= 0.3 is 0 Å². The van der Waals surface area contributed by atoms with Gasteiger partial charge in [-0.25, -0.2) is 0 Å². The summed E-state index contributed by atoms with van der Waals surface area (Å²) in [6.45, 7) is 2.81. The molecule has 2 aliphatic heterocycles. The lowest BCUT2D eigenvalue weighted by Crippen LogP contribution is -2.47. The Bertz CT molecular complexity index is 391. The van der Waals surface area contributed by atoms with Crippen LogP contribution in [-0.4, -0.2) is 42.6 Å². The van der Waals surface area contributed by atoms with Crippen molar-refractivity contribution in [2.45, 2.75) is 69.9 Å². The van der Waals surface area contributed by atoms with Crippen LogP contribution in [0.2, 0.25) is 0 Å². The molecule has 0 radical (unpaired) electrons. The molecule has 0 bridgehead atoms. The largest absolute Gasteiger partial charge is 0.497 e. The van der Waals surface area contributed by atoms with Gasteiger partial charge in [0.1, 0.15) is 6.10 Å². The lowest BCUT2D eigenvalue weighted by molar-refractivity contribution is -0.126. The van der Waals surface area contributed by atoms with E-state index in [9.17, 15) is 4.79 Å². The molecule has 0 aromatic carbocycles. The first-order chi connectivity index (χ1) is 10.8. The normalized spacial score (nSPS) is 30.2. The first-order valence-electron chi connectivity index (χ1n) is 9.15. The van der Waals surface area contributed by atoms with Crippen LogP contribution in [0.25, 0.3) is 0 Å². The van der Waals surface area contributed by atoms with Gasteiger partial charge < -0.3 is 10.1 Å². The molecule has 4 nitrogen and oxygen atoms in total. The van der Waals surface area contributed by atoms with Crippen LogP contribution in [0.5, 0.6) is 0 Å². The fourth-order valence-electron chi connectivity index (χ4n) is 4.08. The van der Waals surface area contributed by atoms with Gasteiger partial charge in [0.25, 0.3) is 0 Å². The predicted molar refractivity (Wildman–Crippen MR) is 87.4 cm³/mol. The van der Waals surface area contributed by atoms with Crippen molar-refractivity contribution in [1.29, 1.82) is 0 Å². The molecule has 3 rings (SSSR count). The van der Waals surface area contributed by atoms with Gasteiger partial charge in [0, 0.05) is 13.1 Å². The third-order valence-corrected chi connectivity index (χ3v) is 5.42. The van der Waals surface area contributed by atoms with Gasteiger partial charge in [-0.3, -0.25) is 9.69 Å². The van der Waals surface area contributed by atoms with E-state index in [1.54, 1.807) is 0 Å². The molecule has 124 valence electrons. The molecule has 2 fully saturated rings. The van der Waals surface area contributed by atoms with Crippen molar-refractivity contribution in [3.8, 4) is 0 Å². The molecule has 22 heavy (non-hydrogen) atoms. The second kappa shape index (κ2) is 8.00. The zero-order chi connectivity index (χ0) is 15.2. The van der Waals surface area contributed by atoms with E-state index < -0.39 is 0 Å². The number of hydrogen-bond donors (Lipinski definition) is 1. The standard InChI is InChI=1S/C18H30N2O2/c21-18(19-13-15-7-2-1-3-8-15)17-10-6-11-20(17)14-16-9-4-5-12-22-16/h5,12,15-17H,1-4,6-11,13-14H2,(H,19,21)/t16-,17-/m0/s1. The molecule has 0 aromatic rings. The summed E-state index contributed by atoms with van der Waals surface area (Å²) < 4.78 is 5.67. The van der Waals surface area contributed by atoms with Gasteiger partial charge in [-0.2, -0.15) is 0 Å². The van der Waals surface area contributed by atoms with Crippen molar-refractivity contribution in [3.63, 3.8) is 0 Å². The SMILES string of the molecule is O=C(NCC1CCCCC1)[C@@H]1CCCN1C[C@@H]1CCC=CO1. The zero-order valence-electron chi connectivity index (χ0n) is 13.6. The van der Waals surface area contributed by atoms with Crippen LogP contribution in [0.1, 0.15) is 57.8 Å². The van der Waals surface area contributed by atoms with E-state index in [4.69, 9.17) is 4.74 Å². The molecule has 0 spiro atoms. The topological polar surface area (TPSA) is 41.6 Å². The zero-order valence-corrected chi connectivity index (χ0v) is 13.6. The number of allylic oxidation sites excluding steroid dienone is 1. The Kier molecular flexibility index (Phi) is 5.76. The van der Waals surface area contributed by atoms with Crippen LogP contribution < -0.4 is 5.32 Å². The van der Waals surface area contributed by atoms with E-state index in [0.717, 1.165) is 45.3 Å². The average Bonchev–Trinajstić information content (AvgIpc) is 3.03. The Balaban J connectivity index is 1.44. The van der Waals surface area contributed by atoms with E-state index in [2.05, 4.69) is 16.3 Å². The smallest absolute Gasteiger partial charge is 0.237 e. The highest BCUT2D eigenvalue weighted by atomic mass is 16.5. The van der Waals surface area contributed by atoms with E-state index >= 15 is 0 Å². The molecule has 2 atom stereocenters. The summed E-state index contributed by atoms with van der Waals surface area (Å²) in [5.74, 6) is 0.953. The van der Waals surface area contributed by atoms with Crippen LogP contribution in [0, 0.1) is 5.92 Å². The Morgan fingerprint density at radius 2 is 2.00 bits per heavy atom. The second-order valence-electron chi connectivity index (χ2n) is 7.11. The van der Waals surface area contributed by atoms with Gasteiger partial charge in [0.05, 0.1) is 12.3 Å². The molecule has 1 saturated carbocycles. The van der Waals surface area contributed by atoms with Crippen molar-refractivity contribution in [2.24, 2.45) is 5.92 Å². The Morgan fingerprint density at radius 1 is 1.14 bits per heavy atom. The highest BCUT2D eigenvalue weighted by molar-refractivity contribution is 5.82. The summed E-state index contributed by atoms with van der Waals surface area (Å²) in [6.07, 6.45) is 15.1. The van der Waals surface area contributed by atoms with Gasteiger partial charge in [0.2, 0.25) is 5.91 Å². The lowest BCUT2D eigenvalue weighted by Gasteiger charge is -2.29. The van der Waals surface area contributed by atoms with Crippen LogP contribution in [0.15, 0.2) is 12.3 Å². The van der Waals surface area contributed by atoms with E-state index in [1.165, 1.54) is 32.1 Å². The molecule has 1 N–H and O–H groups in total. The quantitative estimate of drug-likeness (QED) is 0.849. The minimum atomic E-state index is 0.0677. The summed E-state index contributed by atoms with van der Waals surface area (Å²) in [4.78, 5) is 14.9. The molecule has 0 aromatic heterocycles. The number of carbonyl (C=O) groups is 1. The number of carbonyl (C=O) groups excluding carboxylic acids is 1. The number of rotatable bonds is 5. The number of amides is 1. The number of ether oxygens (including phenoxy) is 1. The highest BCUT2D eigenvalue weighted by Gasteiger charge is 2.32. The number of likely N-dealkylation sites (tertiary alicyclic amines) is 1. The maximum Gasteiger partial charge on any atom is 0.237 e. The van der Waals surface area contributed by atoms with Gasteiger partial charge in [0.15, 0.2) is 0 Å². The Labute approximate surface area is 134 Å². The first-order valence-corrected chi connectivity index (χ1v) is 9.15. The summed E-state index contributed by atoms with van der Waals surface area (Å²) >= 11 is 0. The third kappa shape index (κ3) is 4.25. The number of nitrogens with one attached hydrogen (secondary N) is 1. The molecule has 2 heterocycles. The average molecular weight is 306 g/mol. The van der Waals surface area contributed by atoms with Gasteiger partial charge in [-0.15, -0.1) is 0 Å². The monoisotopic (exact) mass is 306 g/mol. The molecular weight excluding hydrogens is 276 g/mol. The van der Waals surface area contributed by atoms with Crippen molar-refractivity contribution < 1.29 is 9.53 Å². The van der Waals surface area contributed by atoms with Crippen molar-refractivity contribution >= 4 is 5.91 Å². The number of nitrogens with zero attached hydrogens (tertiary/aromatic N) is 1. The Hall–Kier alpha value is -1.03. The fourth-order valence-corrected chi connectivity index (χ4v) is 4.08. The highest BCUT2D eigenvalue weighted by Crippen LogP contribution is 2.24. The summed E-state index contributed by atoms with van der Waals surface area (Å²) in [5.41, 5.74) is 0. The van der Waals surface area contributed by atoms with Crippen LogP contribution in [0.4, 0.5) is 0 Å². The van der Waals surface area contributed by atoms with Gasteiger partial charge in [-0.05, 0) is 57.1 Å². The second-order valence-corrected chi connectivity index (χ2v) is 7.11. The molecule has 1 aliphatic carbocycles.